The predicted octanol–water partition coefficient (Wildman–Crippen LogP) is 2.07. The Labute approximate surface area is 89.2 Å². The van der Waals surface area contributed by atoms with Crippen LogP contribution in [0, 0.1) is 0 Å². The maximum atomic E-state index is 10.2. The van der Waals surface area contributed by atoms with E-state index >= 15 is 0 Å². The van der Waals surface area contributed by atoms with Gasteiger partial charge in [-0.2, -0.15) is 0 Å². The third-order valence-corrected chi connectivity index (χ3v) is 2.04. The predicted molar refractivity (Wildman–Crippen MR) is 55.2 cm³/mol. The largest absolute Gasteiger partial charge is 0.502 e. The van der Waals surface area contributed by atoms with E-state index in [-0.39, 0.29) is 0 Å². The van der Waals surface area contributed by atoms with Crippen molar-refractivity contribution in [1.82, 2.24) is 0 Å². The van der Waals surface area contributed by atoms with Crippen LogP contribution in [-0.4, -0.2) is 23.8 Å². The topological polar surface area (TPSA) is 55.8 Å². The third-order valence-electron chi connectivity index (χ3n) is 2.04. The average molecular weight is 212 g/mol. The van der Waals surface area contributed by atoms with E-state index in [4.69, 9.17) is 14.6 Å². The molecule has 0 spiro atoms. The van der Waals surface area contributed by atoms with E-state index in [0.29, 0.717) is 6.42 Å². The Balaban J connectivity index is 0.000000162. The van der Waals surface area contributed by atoms with Crippen LogP contribution in [0.25, 0.3) is 0 Å². The number of carbonyl (C=O) groups is 1. The Hall–Kier alpha value is -1.45. The zero-order chi connectivity index (χ0) is 10.9. The lowest BCUT2D eigenvalue weighted by Gasteiger charge is -2.13. The van der Waals surface area contributed by atoms with Gasteiger partial charge < -0.3 is 14.6 Å². The van der Waals surface area contributed by atoms with E-state index in [1.54, 1.807) is 6.26 Å². The van der Waals surface area contributed by atoms with Crippen LogP contribution >= 0.6 is 0 Å². The molecule has 2 aliphatic heterocycles. The fraction of sp³-hybridized carbons (Fsp3) is 0.545. The van der Waals surface area contributed by atoms with Crippen molar-refractivity contribution in [1.29, 1.82) is 0 Å². The van der Waals surface area contributed by atoms with Crippen molar-refractivity contribution in [3.8, 4) is 0 Å². The van der Waals surface area contributed by atoms with Crippen LogP contribution in [0.3, 0.4) is 0 Å². The molecular formula is C11H16O4. The molecule has 4 nitrogen and oxygen atoms in total. The summed E-state index contributed by atoms with van der Waals surface area (Å²) in [4.78, 5) is 10.2. The molecule has 0 radical (unpaired) electrons. The molecule has 84 valence electrons. The number of allylic oxidation sites excluding steroid dienone is 2. The second kappa shape index (κ2) is 6.92. The number of carboxylic acid groups (broad SMARTS) is 1. The summed E-state index contributed by atoms with van der Waals surface area (Å²) in [5.41, 5.74) is 0. The Bertz CT molecular complexity index is 237. The summed E-state index contributed by atoms with van der Waals surface area (Å²) in [5, 5.41) is 8.38. The molecule has 1 unspecified atom stereocenters. The molecular weight excluding hydrogens is 196 g/mol. The van der Waals surface area contributed by atoms with Gasteiger partial charge in [0.25, 0.3) is 0 Å². The Kier molecular flexibility index (Phi) is 5.37. The molecule has 2 aliphatic rings. The molecule has 0 saturated heterocycles. The first-order valence-electron chi connectivity index (χ1n) is 5.10. The first-order chi connectivity index (χ1) is 7.30. The highest BCUT2D eigenvalue weighted by Crippen LogP contribution is 2.09. The highest BCUT2D eigenvalue weighted by molar-refractivity contribution is 5.72. The molecule has 4 heteroatoms. The first-order valence-corrected chi connectivity index (χ1v) is 5.10. The Morgan fingerprint density at radius 3 is 2.33 bits per heavy atom. The summed E-state index contributed by atoms with van der Waals surface area (Å²) >= 11 is 0. The van der Waals surface area contributed by atoms with Gasteiger partial charge in [0.2, 0.25) is 0 Å². The highest BCUT2D eigenvalue weighted by Gasteiger charge is 2.18. The molecule has 0 bridgehead atoms. The lowest BCUT2D eigenvalue weighted by atomic mass is 10.2. The van der Waals surface area contributed by atoms with Gasteiger partial charge in [-0.25, -0.2) is 4.79 Å². The van der Waals surface area contributed by atoms with E-state index in [1.165, 1.54) is 19.1 Å². The standard InChI is InChI=1S/C6H8O3.C5H8O/c7-6(8)5-3-1-2-4-9-5;1-2-4-6-5-3-1/h2,4-5H,1,3H2,(H,7,8);2,4H,1,3,5H2. The number of hydrogen-bond acceptors (Lipinski definition) is 3. The number of hydrogen-bond donors (Lipinski definition) is 1. The summed E-state index contributed by atoms with van der Waals surface area (Å²) < 4.78 is 9.65. The molecule has 1 N–H and O–H groups in total. The average Bonchev–Trinajstić information content (AvgIpc) is 2.33. The number of carboxylic acids is 1. The van der Waals surface area contributed by atoms with Gasteiger partial charge in [-0.3, -0.25) is 0 Å². The molecule has 15 heavy (non-hydrogen) atoms. The number of ether oxygens (including phenoxy) is 2. The summed E-state index contributed by atoms with van der Waals surface area (Å²) in [7, 11) is 0. The first kappa shape index (κ1) is 11.6. The van der Waals surface area contributed by atoms with Crippen molar-refractivity contribution in [3.63, 3.8) is 0 Å². The molecule has 0 aromatic rings. The van der Waals surface area contributed by atoms with Crippen molar-refractivity contribution < 1.29 is 19.4 Å². The van der Waals surface area contributed by atoms with Gasteiger partial charge in [0.1, 0.15) is 0 Å². The van der Waals surface area contributed by atoms with E-state index in [1.807, 2.05) is 12.2 Å². The number of rotatable bonds is 1. The maximum Gasteiger partial charge on any atom is 0.344 e. The molecule has 0 saturated carbocycles. The molecule has 0 aromatic carbocycles. The molecule has 0 fully saturated rings. The summed E-state index contributed by atoms with van der Waals surface area (Å²) in [5.74, 6) is -0.876. The van der Waals surface area contributed by atoms with Crippen molar-refractivity contribution in [2.45, 2.75) is 31.8 Å². The van der Waals surface area contributed by atoms with Gasteiger partial charge in [-0.15, -0.1) is 0 Å². The van der Waals surface area contributed by atoms with Gasteiger partial charge in [0.05, 0.1) is 19.1 Å². The summed E-state index contributed by atoms with van der Waals surface area (Å²) in [6.07, 6.45) is 10.2. The second-order valence-electron chi connectivity index (χ2n) is 3.30. The van der Waals surface area contributed by atoms with E-state index in [9.17, 15) is 4.79 Å². The summed E-state index contributed by atoms with van der Waals surface area (Å²) in [6.45, 7) is 0.913. The molecule has 2 rings (SSSR count). The van der Waals surface area contributed by atoms with Crippen molar-refractivity contribution in [3.05, 3.63) is 24.7 Å². The van der Waals surface area contributed by atoms with Crippen LogP contribution in [0.1, 0.15) is 25.7 Å². The second-order valence-corrected chi connectivity index (χ2v) is 3.30. The zero-order valence-corrected chi connectivity index (χ0v) is 8.59. The van der Waals surface area contributed by atoms with E-state index < -0.39 is 12.1 Å². The van der Waals surface area contributed by atoms with E-state index in [2.05, 4.69) is 0 Å². The monoisotopic (exact) mass is 212 g/mol. The van der Waals surface area contributed by atoms with Gasteiger partial charge in [0, 0.05) is 0 Å². The van der Waals surface area contributed by atoms with Crippen molar-refractivity contribution >= 4 is 5.97 Å². The minimum absolute atomic E-state index is 0.589. The van der Waals surface area contributed by atoms with Crippen LogP contribution in [0.4, 0.5) is 0 Å². The van der Waals surface area contributed by atoms with Crippen LogP contribution in [0.15, 0.2) is 24.7 Å². The molecule has 0 aromatic heterocycles. The fourth-order valence-corrected chi connectivity index (χ4v) is 1.20. The zero-order valence-electron chi connectivity index (χ0n) is 8.59. The highest BCUT2D eigenvalue weighted by atomic mass is 16.5. The smallest absolute Gasteiger partial charge is 0.344 e. The Morgan fingerprint density at radius 1 is 1.27 bits per heavy atom. The van der Waals surface area contributed by atoms with E-state index in [0.717, 1.165) is 13.0 Å². The Morgan fingerprint density at radius 2 is 2.07 bits per heavy atom. The minimum Gasteiger partial charge on any atom is -0.502 e. The maximum absolute atomic E-state index is 10.2. The van der Waals surface area contributed by atoms with Crippen molar-refractivity contribution in [2.24, 2.45) is 0 Å². The fourth-order valence-electron chi connectivity index (χ4n) is 1.20. The van der Waals surface area contributed by atoms with Crippen molar-refractivity contribution in [2.75, 3.05) is 6.61 Å². The van der Waals surface area contributed by atoms with Gasteiger partial charge in [-0.05, 0) is 37.8 Å². The lowest BCUT2D eigenvalue weighted by Crippen LogP contribution is -2.23. The van der Waals surface area contributed by atoms with Gasteiger partial charge in [0.15, 0.2) is 6.10 Å². The number of aliphatic carboxylic acids is 1. The minimum atomic E-state index is -0.876. The van der Waals surface area contributed by atoms with Crippen LogP contribution in [0.2, 0.25) is 0 Å². The summed E-state index contributed by atoms with van der Waals surface area (Å²) in [6, 6.07) is 0. The molecule has 0 aliphatic carbocycles. The molecule has 0 amide bonds. The van der Waals surface area contributed by atoms with Gasteiger partial charge in [-0.1, -0.05) is 0 Å². The molecule has 1 atom stereocenters. The third kappa shape index (κ3) is 5.10. The normalized spacial score (nSPS) is 23.1. The SMILES string of the molecule is C1=COCCC1.O=C(O)C1CCC=CO1. The van der Waals surface area contributed by atoms with Crippen LogP contribution < -0.4 is 0 Å². The van der Waals surface area contributed by atoms with Crippen LogP contribution in [-0.2, 0) is 14.3 Å². The lowest BCUT2D eigenvalue weighted by molar-refractivity contribution is -0.147. The van der Waals surface area contributed by atoms with Crippen LogP contribution in [0.5, 0.6) is 0 Å². The quantitative estimate of drug-likeness (QED) is 0.723. The van der Waals surface area contributed by atoms with Gasteiger partial charge >= 0.3 is 5.97 Å². The molecule has 2 heterocycles.